The first-order chi connectivity index (χ1) is 11.0. The Kier molecular flexibility index (Phi) is 5.80. The zero-order valence-corrected chi connectivity index (χ0v) is 12.3. The van der Waals surface area contributed by atoms with Crippen molar-refractivity contribution in [2.75, 3.05) is 13.1 Å². The minimum absolute atomic E-state index is 0.137. The highest BCUT2D eigenvalue weighted by Crippen LogP contribution is 2.04. The van der Waals surface area contributed by atoms with Crippen molar-refractivity contribution in [1.29, 1.82) is 0 Å². The van der Waals surface area contributed by atoms with Crippen molar-refractivity contribution in [2.45, 2.75) is 6.42 Å². The van der Waals surface area contributed by atoms with Gasteiger partial charge in [-0.05, 0) is 35.9 Å². The fourth-order valence-electron chi connectivity index (χ4n) is 1.96. The molecule has 0 aliphatic heterocycles. The van der Waals surface area contributed by atoms with Gasteiger partial charge < -0.3 is 10.6 Å². The first-order valence-corrected chi connectivity index (χ1v) is 7.09. The quantitative estimate of drug-likeness (QED) is 0.801. The highest BCUT2D eigenvalue weighted by molar-refractivity contribution is 5.94. The zero-order chi connectivity index (χ0) is 16.7. The van der Waals surface area contributed by atoms with Gasteiger partial charge in [0.05, 0.1) is 6.42 Å². The molecule has 0 saturated heterocycles. The maximum Gasteiger partial charge on any atom is 0.251 e. The fourth-order valence-corrected chi connectivity index (χ4v) is 1.96. The van der Waals surface area contributed by atoms with E-state index in [4.69, 9.17) is 0 Å². The first kappa shape index (κ1) is 16.6. The summed E-state index contributed by atoms with van der Waals surface area (Å²) in [7, 11) is 0. The third kappa shape index (κ3) is 5.50. The van der Waals surface area contributed by atoms with Crippen LogP contribution in [0, 0.1) is 11.6 Å². The molecule has 0 atom stereocenters. The Balaban J connectivity index is 1.69. The number of halogens is 2. The summed E-state index contributed by atoms with van der Waals surface area (Å²) < 4.78 is 25.7. The highest BCUT2D eigenvalue weighted by Gasteiger charge is 2.06. The van der Waals surface area contributed by atoms with Gasteiger partial charge in [0, 0.05) is 18.7 Å². The molecule has 4 nitrogen and oxygen atoms in total. The molecular weight excluding hydrogens is 302 g/mol. The Morgan fingerprint density at radius 3 is 2.26 bits per heavy atom. The summed E-state index contributed by atoms with van der Waals surface area (Å²) >= 11 is 0. The van der Waals surface area contributed by atoms with Crippen LogP contribution in [0.2, 0.25) is 0 Å². The lowest BCUT2D eigenvalue weighted by molar-refractivity contribution is -0.120. The Labute approximate surface area is 132 Å². The topological polar surface area (TPSA) is 58.2 Å². The number of amides is 2. The van der Waals surface area contributed by atoms with Crippen LogP contribution >= 0.6 is 0 Å². The predicted molar refractivity (Wildman–Crippen MR) is 81.8 cm³/mol. The second-order valence-corrected chi connectivity index (χ2v) is 4.92. The van der Waals surface area contributed by atoms with E-state index >= 15 is 0 Å². The Hall–Kier alpha value is -2.76. The van der Waals surface area contributed by atoms with Gasteiger partial charge in [0.2, 0.25) is 5.91 Å². The number of carbonyl (C=O) groups is 2. The van der Waals surface area contributed by atoms with E-state index < -0.39 is 11.7 Å². The average molecular weight is 318 g/mol. The van der Waals surface area contributed by atoms with Crippen LogP contribution in [-0.4, -0.2) is 24.9 Å². The summed E-state index contributed by atoms with van der Waals surface area (Å²) in [6.07, 6.45) is 0.137. The van der Waals surface area contributed by atoms with Gasteiger partial charge in [0.1, 0.15) is 11.6 Å². The van der Waals surface area contributed by atoms with Crippen molar-refractivity contribution in [3.05, 3.63) is 71.3 Å². The van der Waals surface area contributed by atoms with Crippen molar-refractivity contribution in [2.24, 2.45) is 0 Å². The van der Waals surface area contributed by atoms with Gasteiger partial charge >= 0.3 is 0 Å². The molecule has 2 aromatic rings. The van der Waals surface area contributed by atoms with Crippen LogP contribution < -0.4 is 10.6 Å². The Bertz CT molecular complexity index is 687. The standard InChI is InChI=1S/C17H16F2N2O2/c18-14-6-4-12(5-7-14)10-16(22)20-8-9-21-17(23)13-2-1-3-15(19)11-13/h1-7,11H,8-10H2,(H,20,22)(H,21,23). The summed E-state index contributed by atoms with van der Waals surface area (Å²) in [4.78, 5) is 23.4. The Morgan fingerprint density at radius 1 is 0.870 bits per heavy atom. The third-order valence-electron chi connectivity index (χ3n) is 3.10. The summed E-state index contributed by atoms with van der Waals surface area (Å²) in [5, 5.41) is 5.23. The predicted octanol–water partition coefficient (Wildman–Crippen LogP) is 2.05. The number of hydrogen-bond acceptors (Lipinski definition) is 2. The van der Waals surface area contributed by atoms with E-state index in [1.54, 1.807) is 12.1 Å². The van der Waals surface area contributed by atoms with E-state index in [2.05, 4.69) is 10.6 Å². The molecule has 0 fully saturated rings. The molecule has 23 heavy (non-hydrogen) atoms. The van der Waals surface area contributed by atoms with Crippen LogP contribution in [0.25, 0.3) is 0 Å². The van der Waals surface area contributed by atoms with Gasteiger partial charge in [0.15, 0.2) is 0 Å². The van der Waals surface area contributed by atoms with Crippen LogP contribution in [0.15, 0.2) is 48.5 Å². The van der Waals surface area contributed by atoms with E-state index in [1.165, 1.54) is 30.3 Å². The smallest absolute Gasteiger partial charge is 0.251 e. The van der Waals surface area contributed by atoms with Crippen LogP contribution in [0.3, 0.4) is 0 Å². The lowest BCUT2D eigenvalue weighted by Crippen LogP contribution is -2.35. The van der Waals surface area contributed by atoms with Gasteiger partial charge in [-0.1, -0.05) is 18.2 Å². The lowest BCUT2D eigenvalue weighted by Gasteiger charge is -2.07. The van der Waals surface area contributed by atoms with Crippen molar-refractivity contribution in [1.82, 2.24) is 10.6 Å². The molecule has 6 heteroatoms. The van der Waals surface area contributed by atoms with Gasteiger partial charge in [-0.15, -0.1) is 0 Å². The fraction of sp³-hybridized carbons (Fsp3) is 0.176. The second-order valence-electron chi connectivity index (χ2n) is 4.92. The number of nitrogens with one attached hydrogen (secondary N) is 2. The zero-order valence-electron chi connectivity index (χ0n) is 12.3. The van der Waals surface area contributed by atoms with E-state index in [1.807, 2.05) is 0 Å². The van der Waals surface area contributed by atoms with Gasteiger partial charge in [0.25, 0.3) is 5.91 Å². The van der Waals surface area contributed by atoms with Crippen molar-refractivity contribution >= 4 is 11.8 Å². The average Bonchev–Trinajstić information content (AvgIpc) is 2.53. The molecule has 2 aromatic carbocycles. The summed E-state index contributed by atoms with van der Waals surface area (Å²) in [5.74, 6) is -1.46. The van der Waals surface area contributed by atoms with Gasteiger partial charge in [-0.2, -0.15) is 0 Å². The van der Waals surface area contributed by atoms with Crippen LogP contribution in [0.1, 0.15) is 15.9 Å². The molecule has 0 bridgehead atoms. The molecule has 0 heterocycles. The summed E-state index contributed by atoms with van der Waals surface area (Å²) in [6, 6.07) is 11.0. The largest absolute Gasteiger partial charge is 0.354 e. The van der Waals surface area contributed by atoms with Crippen LogP contribution in [0.5, 0.6) is 0 Å². The summed E-state index contributed by atoms with van der Waals surface area (Å²) in [6.45, 7) is 0.478. The van der Waals surface area contributed by atoms with Gasteiger partial charge in [-0.3, -0.25) is 9.59 Å². The molecule has 0 aromatic heterocycles. The second kappa shape index (κ2) is 8.03. The first-order valence-electron chi connectivity index (χ1n) is 7.09. The maximum atomic E-state index is 13.0. The van der Waals surface area contributed by atoms with Crippen LogP contribution in [-0.2, 0) is 11.2 Å². The van der Waals surface area contributed by atoms with Gasteiger partial charge in [-0.25, -0.2) is 8.78 Å². The van der Waals surface area contributed by atoms with E-state index in [-0.39, 0.29) is 36.8 Å². The lowest BCUT2D eigenvalue weighted by atomic mass is 10.1. The minimum Gasteiger partial charge on any atom is -0.354 e. The molecule has 0 aliphatic carbocycles. The van der Waals surface area contributed by atoms with E-state index in [9.17, 15) is 18.4 Å². The number of benzene rings is 2. The molecule has 2 rings (SSSR count). The highest BCUT2D eigenvalue weighted by atomic mass is 19.1. The molecule has 120 valence electrons. The SMILES string of the molecule is O=C(Cc1ccc(F)cc1)NCCNC(=O)c1cccc(F)c1. The number of hydrogen-bond donors (Lipinski definition) is 2. The van der Waals surface area contributed by atoms with Crippen LogP contribution in [0.4, 0.5) is 8.78 Å². The normalized spacial score (nSPS) is 10.2. The molecule has 0 radical (unpaired) electrons. The third-order valence-corrected chi connectivity index (χ3v) is 3.10. The molecule has 0 unspecified atom stereocenters. The number of carbonyl (C=O) groups excluding carboxylic acids is 2. The summed E-state index contributed by atoms with van der Waals surface area (Å²) in [5.41, 5.74) is 0.926. The van der Waals surface area contributed by atoms with E-state index in [0.717, 1.165) is 6.07 Å². The molecule has 0 saturated carbocycles. The monoisotopic (exact) mass is 318 g/mol. The molecule has 0 aliphatic rings. The van der Waals surface area contributed by atoms with E-state index in [0.29, 0.717) is 5.56 Å². The van der Waals surface area contributed by atoms with Crippen molar-refractivity contribution in [3.63, 3.8) is 0 Å². The molecular formula is C17H16F2N2O2. The van der Waals surface area contributed by atoms with Crippen molar-refractivity contribution < 1.29 is 18.4 Å². The molecule has 2 N–H and O–H groups in total. The molecule has 0 spiro atoms. The maximum absolute atomic E-state index is 13.0. The molecule has 2 amide bonds. The Morgan fingerprint density at radius 2 is 1.57 bits per heavy atom. The number of rotatable bonds is 6. The minimum atomic E-state index is -0.481. The van der Waals surface area contributed by atoms with Crippen molar-refractivity contribution in [3.8, 4) is 0 Å².